The molecule has 0 atom stereocenters. The van der Waals surface area contributed by atoms with Crippen LogP contribution in [-0.4, -0.2) is 30.5 Å². The number of carbonyl (C=O) groups excluding carboxylic acids is 2. The van der Waals surface area contributed by atoms with Crippen molar-refractivity contribution in [3.63, 3.8) is 0 Å². The molecule has 1 amide bonds. The number of amides is 1. The molecule has 0 saturated carbocycles. The molecule has 0 spiro atoms. The largest absolute Gasteiger partial charge is 0.452 e. The number of nitro benzene ring substituents is 1. The lowest BCUT2D eigenvalue weighted by Crippen LogP contribution is -2.21. The molecule has 25 heavy (non-hydrogen) atoms. The molecule has 0 aromatic heterocycles. The Kier molecular flexibility index (Phi) is 5.62. The summed E-state index contributed by atoms with van der Waals surface area (Å²) in [6.07, 6.45) is 0. The van der Waals surface area contributed by atoms with E-state index in [1.807, 2.05) is 0 Å². The van der Waals surface area contributed by atoms with Crippen LogP contribution in [-0.2, 0) is 9.53 Å². The maximum atomic E-state index is 13.4. The zero-order valence-electron chi connectivity index (χ0n) is 13.1. The Morgan fingerprint density at radius 1 is 1.20 bits per heavy atom. The van der Waals surface area contributed by atoms with Crippen LogP contribution in [0, 0.1) is 15.9 Å². The number of ether oxygens (including phenoxy) is 1. The zero-order valence-corrected chi connectivity index (χ0v) is 13.1. The molecular formula is C16H14FN3O5. The maximum absolute atomic E-state index is 13.4. The second kappa shape index (κ2) is 7.86. The van der Waals surface area contributed by atoms with Crippen LogP contribution >= 0.6 is 0 Å². The minimum Gasteiger partial charge on any atom is -0.452 e. The lowest BCUT2D eigenvalue weighted by molar-refractivity contribution is -0.384. The number of esters is 1. The van der Waals surface area contributed by atoms with E-state index in [-0.39, 0.29) is 16.9 Å². The first-order valence-electron chi connectivity index (χ1n) is 7.10. The van der Waals surface area contributed by atoms with Crippen LogP contribution in [0.2, 0.25) is 0 Å². The molecule has 9 heteroatoms. The number of hydrogen-bond donors (Lipinski definition) is 2. The van der Waals surface area contributed by atoms with Gasteiger partial charge in [-0.05, 0) is 18.2 Å². The summed E-state index contributed by atoms with van der Waals surface area (Å²) in [5, 5.41) is 15.8. The highest BCUT2D eigenvalue weighted by Gasteiger charge is 2.18. The van der Waals surface area contributed by atoms with Gasteiger partial charge in [0.2, 0.25) is 0 Å². The van der Waals surface area contributed by atoms with Gasteiger partial charge in [0, 0.05) is 24.9 Å². The van der Waals surface area contributed by atoms with Gasteiger partial charge in [-0.2, -0.15) is 0 Å². The van der Waals surface area contributed by atoms with Crippen molar-refractivity contribution < 1.29 is 23.6 Å². The third-order valence-electron chi connectivity index (χ3n) is 3.19. The molecule has 0 aliphatic rings. The van der Waals surface area contributed by atoms with Gasteiger partial charge in [0.25, 0.3) is 11.6 Å². The van der Waals surface area contributed by atoms with E-state index in [0.29, 0.717) is 5.69 Å². The van der Waals surface area contributed by atoms with E-state index in [1.165, 1.54) is 43.4 Å². The van der Waals surface area contributed by atoms with Crippen molar-refractivity contribution in [2.75, 3.05) is 24.3 Å². The Balaban J connectivity index is 2.04. The standard InChI is InChI=1S/C16H14FN3O5/c1-18-13-7-6-10(20(23)24)8-11(13)16(22)25-9-15(21)19-14-5-3-2-4-12(14)17/h2-8,18H,9H2,1H3,(H,19,21). The Labute approximate surface area is 141 Å². The number of nitrogens with zero attached hydrogens (tertiary/aromatic N) is 1. The average molecular weight is 347 g/mol. The molecule has 0 unspecified atom stereocenters. The number of rotatable bonds is 6. The van der Waals surface area contributed by atoms with Crippen molar-refractivity contribution in [2.24, 2.45) is 0 Å². The van der Waals surface area contributed by atoms with E-state index in [9.17, 15) is 24.1 Å². The number of nitrogens with one attached hydrogen (secondary N) is 2. The lowest BCUT2D eigenvalue weighted by Gasteiger charge is -2.10. The van der Waals surface area contributed by atoms with E-state index in [4.69, 9.17) is 4.74 Å². The monoisotopic (exact) mass is 347 g/mol. The molecule has 2 aromatic rings. The third kappa shape index (κ3) is 4.50. The third-order valence-corrected chi connectivity index (χ3v) is 3.19. The van der Waals surface area contributed by atoms with E-state index in [1.54, 1.807) is 0 Å². The summed E-state index contributed by atoms with van der Waals surface area (Å²) in [6.45, 7) is -0.668. The van der Waals surface area contributed by atoms with Crippen LogP contribution in [0.1, 0.15) is 10.4 Å². The predicted molar refractivity (Wildman–Crippen MR) is 88.0 cm³/mol. The minimum absolute atomic E-state index is 0.0465. The summed E-state index contributed by atoms with van der Waals surface area (Å²) in [7, 11) is 1.53. The van der Waals surface area contributed by atoms with Gasteiger partial charge in [-0.25, -0.2) is 9.18 Å². The SMILES string of the molecule is CNc1ccc([N+](=O)[O-])cc1C(=O)OCC(=O)Nc1ccccc1F. The van der Waals surface area contributed by atoms with Crippen LogP contribution in [0.15, 0.2) is 42.5 Å². The Morgan fingerprint density at radius 2 is 1.92 bits per heavy atom. The number of carbonyl (C=O) groups is 2. The maximum Gasteiger partial charge on any atom is 0.341 e. The smallest absolute Gasteiger partial charge is 0.341 e. The van der Waals surface area contributed by atoms with Crippen LogP contribution in [0.5, 0.6) is 0 Å². The Morgan fingerprint density at radius 3 is 2.56 bits per heavy atom. The summed E-state index contributed by atoms with van der Waals surface area (Å²) in [6, 6.07) is 9.16. The summed E-state index contributed by atoms with van der Waals surface area (Å²) in [4.78, 5) is 34.0. The predicted octanol–water partition coefficient (Wildman–Crippen LogP) is 2.57. The first-order chi connectivity index (χ1) is 11.9. The van der Waals surface area contributed by atoms with Gasteiger partial charge >= 0.3 is 5.97 Å². The van der Waals surface area contributed by atoms with Crippen molar-refractivity contribution in [3.8, 4) is 0 Å². The lowest BCUT2D eigenvalue weighted by atomic mass is 10.1. The van der Waals surface area contributed by atoms with Crippen LogP contribution in [0.25, 0.3) is 0 Å². The summed E-state index contributed by atoms with van der Waals surface area (Å²) >= 11 is 0. The van der Waals surface area contributed by atoms with E-state index >= 15 is 0 Å². The van der Waals surface area contributed by atoms with Crippen molar-refractivity contribution in [3.05, 3.63) is 64.0 Å². The van der Waals surface area contributed by atoms with Gasteiger partial charge in [-0.3, -0.25) is 14.9 Å². The van der Waals surface area contributed by atoms with Crippen LogP contribution in [0.4, 0.5) is 21.5 Å². The summed E-state index contributed by atoms with van der Waals surface area (Å²) < 4.78 is 18.3. The summed E-state index contributed by atoms with van der Waals surface area (Å²) in [5.41, 5.74) is -0.114. The molecule has 0 fully saturated rings. The van der Waals surface area contributed by atoms with Gasteiger partial charge in [-0.15, -0.1) is 0 Å². The number of para-hydroxylation sites is 1. The molecule has 0 saturated heterocycles. The zero-order chi connectivity index (χ0) is 18.4. The molecule has 130 valence electrons. The van der Waals surface area contributed by atoms with E-state index in [0.717, 1.165) is 6.07 Å². The molecule has 0 heterocycles. The molecular weight excluding hydrogens is 333 g/mol. The number of benzene rings is 2. The molecule has 0 aliphatic heterocycles. The number of nitro groups is 1. The number of non-ortho nitro benzene ring substituents is 1. The Hall–Kier alpha value is -3.49. The molecule has 0 radical (unpaired) electrons. The first kappa shape index (κ1) is 17.9. The van der Waals surface area contributed by atoms with Gasteiger partial charge in [-0.1, -0.05) is 12.1 Å². The van der Waals surface area contributed by atoms with Gasteiger partial charge in [0.05, 0.1) is 16.2 Å². The molecule has 2 aromatic carbocycles. The van der Waals surface area contributed by atoms with Crippen LogP contribution < -0.4 is 10.6 Å². The fraction of sp³-hybridized carbons (Fsp3) is 0.125. The highest BCUT2D eigenvalue weighted by Crippen LogP contribution is 2.22. The Bertz CT molecular complexity index is 825. The van der Waals surface area contributed by atoms with E-state index in [2.05, 4.69) is 10.6 Å². The first-order valence-corrected chi connectivity index (χ1v) is 7.10. The van der Waals surface area contributed by atoms with E-state index < -0.39 is 29.2 Å². The highest BCUT2D eigenvalue weighted by atomic mass is 19.1. The van der Waals surface area contributed by atoms with Gasteiger partial charge < -0.3 is 15.4 Å². The van der Waals surface area contributed by atoms with Crippen LogP contribution in [0.3, 0.4) is 0 Å². The quantitative estimate of drug-likeness (QED) is 0.472. The number of hydrogen-bond acceptors (Lipinski definition) is 6. The highest BCUT2D eigenvalue weighted by molar-refractivity contribution is 5.99. The topological polar surface area (TPSA) is 111 Å². The second-order valence-electron chi connectivity index (χ2n) is 4.84. The second-order valence-corrected chi connectivity index (χ2v) is 4.84. The summed E-state index contributed by atoms with van der Waals surface area (Å²) in [5.74, 6) is -2.29. The van der Waals surface area contributed by atoms with Gasteiger partial charge in [0.15, 0.2) is 6.61 Å². The van der Waals surface area contributed by atoms with Crippen molar-refractivity contribution in [2.45, 2.75) is 0 Å². The minimum atomic E-state index is -0.920. The van der Waals surface area contributed by atoms with Crippen molar-refractivity contribution >= 4 is 28.9 Å². The van der Waals surface area contributed by atoms with Crippen molar-refractivity contribution in [1.82, 2.24) is 0 Å². The molecule has 2 N–H and O–H groups in total. The molecule has 0 bridgehead atoms. The fourth-order valence-corrected chi connectivity index (χ4v) is 1.99. The molecule has 0 aliphatic carbocycles. The normalized spacial score (nSPS) is 10.0. The fourth-order valence-electron chi connectivity index (χ4n) is 1.99. The number of anilines is 2. The van der Waals surface area contributed by atoms with Crippen molar-refractivity contribution in [1.29, 1.82) is 0 Å². The number of halogens is 1. The van der Waals surface area contributed by atoms with Gasteiger partial charge in [0.1, 0.15) is 5.82 Å². The molecule has 2 rings (SSSR count). The average Bonchev–Trinajstić information content (AvgIpc) is 2.61. The molecule has 8 nitrogen and oxygen atoms in total.